The predicted molar refractivity (Wildman–Crippen MR) is 114 cm³/mol. The first-order chi connectivity index (χ1) is 15.0. The number of para-hydroxylation sites is 1. The fourth-order valence-corrected chi connectivity index (χ4v) is 5.48. The second-order valence-corrected chi connectivity index (χ2v) is 8.52. The molecule has 160 valence electrons. The molecule has 0 aromatic heterocycles. The molecule has 3 heterocycles. The second-order valence-electron chi connectivity index (χ2n) is 8.52. The number of amides is 3. The van der Waals surface area contributed by atoms with Crippen molar-refractivity contribution >= 4 is 23.4 Å². The van der Waals surface area contributed by atoms with E-state index in [0.29, 0.717) is 6.42 Å². The standard InChI is InChI=1S/C24H25N3O4/c1-14-7-6-10-16-20(14)25-23(30)24(16)19-18(21(28)27(22(19)29)11-12-31-2)17(26-24)13-15-8-4-3-5-9-15/h3-10,17-19,26H,11-13H2,1-2H3,(H,25,30). The van der Waals surface area contributed by atoms with Gasteiger partial charge in [0.1, 0.15) is 5.54 Å². The van der Waals surface area contributed by atoms with Gasteiger partial charge in [-0.2, -0.15) is 0 Å². The van der Waals surface area contributed by atoms with Crippen molar-refractivity contribution in [1.29, 1.82) is 0 Å². The van der Waals surface area contributed by atoms with Crippen LogP contribution >= 0.6 is 0 Å². The first kappa shape index (κ1) is 19.9. The highest BCUT2D eigenvalue weighted by Gasteiger charge is 2.70. The van der Waals surface area contributed by atoms with Crippen molar-refractivity contribution < 1.29 is 19.1 Å². The zero-order valence-electron chi connectivity index (χ0n) is 17.6. The van der Waals surface area contributed by atoms with E-state index in [0.717, 1.165) is 22.4 Å². The van der Waals surface area contributed by atoms with Gasteiger partial charge in [-0.15, -0.1) is 0 Å². The van der Waals surface area contributed by atoms with E-state index in [1.54, 1.807) is 0 Å². The SMILES string of the molecule is COCCN1C(=O)C2C(Cc3ccccc3)NC3(C(=O)Nc4c(C)cccc43)C2C1=O. The summed E-state index contributed by atoms with van der Waals surface area (Å²) >= 11 is 0. The molecule has 5 rings (SSSR count). The molecule has 3 amide bonds. The summed E-state index contributed by atoms with van der Waals surface area (Å²) in [5.41, 5.74) is 2.21. The number of carbonyl (C=O) groups excluding carboxylic acids is 3. The van der Waals surface area contributed by atoms with Crippen molar-refractivity contribution in [2.45, 2.75) is 24.9 Å². The summed E-state index contributed by atoms with van der Waals surface area (Å²) < 4.78 is 5.11. The largest absolute Gasteiger partial charge is 0.383 e. The van der Waals surface area contributed by atoms with E-state index in [2.05, 4.69) is 10.6 Å². The summed E-state index contributed by atoms with van der Waals surface area (Å²) in [4.78, 5) is 41.7. The zero-order valence-corrected chi connectivity index (χ0v) is 17.6. The molecule has 0 aliphatic carbocycles. The molecule has 1 spiro atoms. The Labute approximate surface area is 180 Å². The number of nitrogens with zero attached hydrogens (tertiary/aromatic N) is 1. The maximum atomic E-state index is 13.5. The maximum Gasteiger partial charge on any atom is 0.250 e. The lowest BCUT2D eigenvalue weighted by Gasteiger charge is -2.29. The van der Waals surface area contributed by atoms with Crippen LogP contribution in [0.15, 0.2) is 48.5 Å². The molecule has 2 N–H and O–H groups in total. The van der Waals surface area contributed by atoms with Gasteiger partial charge in [-0.25, -0.2) is 0 Å². The summed E-state index contributed by atoms with van der Waals surface area (Å²) in [6.45, 7) is 2.39. The predicted octanol–water partition coefficient (Wildman–Crippen LogP) is 1.60. The van der Waals surface area contributed by atoms with Gasteiger partial charge in [-0.05, 0) is 24.5 Å². The molecule has 0 saturated carbocycles. The van der Waals surface area contributed by atoms with Crippen LogP contribution in [-0.4, -0.2) is 48.9 Å². The van der Waals surface area contributed by atoms with Crippen molar-refractivity contribution in [3.63, 3.8) is 0 Å². The number of aryl methyl sites for hydroxylation is 1. The monoisotopic (exact) mass is 419 g/mol. The van der Waals surface area contributed by atoms with Crippen LogP contribution in [0.5, 0.6) is 0 Å². The van der Waals surface area contributed by atoms with E-state index in [1.807, 2.05) is 55.5 Å². The lowest BCUT2D eigenvalue weighted by molar-refractivity contribution is -0.143. The fraction of sp³-hybridized carbons (Fsp3) is 0.375. The van der Waals surface area contributed by atoms with Gasteiger partial charge in [0.2, 0.25) is 17.7 Å². The topological polar surface area (TPSA) is 87.7 Å². The molecule has 0 radical (unpaired) electrons. The fourth-order valence-electron chi connectivity index (χ4n) is 5.48. The molecular formula is C24H25N3O4. The number of nitrogens with one attached hydrogen (secondary N) is 2. The summed E-state index contributed by atoms with van der Waals surface area (Å²) in [6, 6.07) is 15.2. The van der Waals surface area contributed by atoms with E-state index in [1.165, 1.54) is 12.0 Å². The Morgan fingerprint density at radius 2 is 1.81 bits per heavy atom. The Morgan fingerprint density at radius 3 is 2.55 bits per heavy atom. The third-order valence-electron chi connectivity index (χ3n) is 6.87. The van der Waals surface area contributed by atoms with Gasteiger partial charge in [0.05, 0.1) is 25.0 Å². The normalized spacial score (nSPS) is 28.9. The summed E-state index contributed by atoms with van der Waals surface area (Å²) in [6.07, 6.45) is 0.551. The van der Waals surface area contributed by atoms with Crippen molar-refractivity contribution in [2.75, 3.05) is 25.6 Å². The van der Waals surface area contributed by atoms with E-state index in [4.69, 9.17) is 4.74 Å². The number of hydrogen-bond donors (Lipinski definition) is 2. The zero-order chi connectivity index (χ0) is 21.8. The highest BCUT2D eigenvalue weighted by molar-refractivity contribution is 6.15. The number of likely N-dealkylation sites (tertiary alicyclic amines) is 1. The van der Waals surface area contributed by atoms with Gasteiger partial charge in [0.25, 0.3) is 0 Å². The summed E-state index contributed by atoms with van der Waals surface area (Å²) in [5.74, 6) is -2.20. The van der Waals surface area contributed by atoms with Crippen LogP contribution in [0.2, 0.25) is 0 Å². The maximum absolute atomic E-state index is 13.5. The molecule has 4 unspecified atom stereocenters. The summed E-state index contributed by atoms with van der Waals surface area (Å²) in [7, 11) is 1.54. The average molecular weight is 419 g/mol. The number of hydrogen-bond acceptors (Lipinski definition) is 5. The number of methoxy groups -OCH3 is 1. The molecule has 2 fully saturated rings. The Hall–Kier alpha value is -3.03. The van der Waals surface area contributed by atoms with Crippen LogP contribution in [0.4, 0.5) is 5.69 Å². The van der Waals surface area contributed by atoms with E-state index in [-0.39, 0.29) is 36.9 Å². The second kappa shape index (κ2) is 7.28. The minimum Gasteiger partial charge on any atom is -0.383 e. The van der Waals surface area contributed by atoms with Crippen LogP contribution in [0.3, 0.4) is 0 Å². The van der Waals surface area contributed by atoms with Crippen LogP contribution in [0.1, 0.15) is 16.7 Å². The Morgan fingerprint density at radius 1 is 1.03 bits per heavy atom. The molecule has 3 aliphatic heterocycles. The smallest absolute Gasteiger partial charge is 0.250 e. The first-order valence-electron chi connectivity index (χ1n) is 10.6. The van der Waals surface area contributed by atoms with Crippen LogP contribution < -0.4 is 10.6 Å². The molecule has 4 atom stereocenters. The molecule has 7 heteroatoms. The number of anilines is 1. The van der Waals surface area contributed by atoms with E-state index >= 15 is 0 Å². The molecule has 2 aromatic rings. The van der Waals surface area contributed by atoms with Crippen LogP contribution in [0.25, 0.3) is 0 Å². The van der Waals surface area contributed by atoms with Gasteiger partial charge in [0.15, 0.2) is 0 Å². The van der Waals surface area contributed by atoms with E-state index < -0.39 is 17.4 Å². The minimum atomic E-state index is -1.25. The number of rotatable bonds is 5. The van der Waals surface area contributed by atoms with Gasteiger partial charge in [-0.3, -0.25) is 24.6 Å². The first-order valence-corrected chi connectivity index (χ1v) is 10.6. The highest BCUT2D eigenvalue weighted by Crippen LogP contribution is 2.53. The molecule has 7 nitrogen and oxygen atoms in total. The van der Waals surface area contributed by atoms with Gasteiger partial charge >= 0.3 is 0 Å². The average Bonchev–Trinajstić information content (AvgIpc) is 3.34. The number of ether oxygens (including phenoxy) is 1. The quantitative estimate of drug-likeness (QED) is 0.719. The number of fused-ring (bicyclic) bond motifs is 4. The third-order valence-corrected chi connectivity index (χ3v) is 6.87. The van der Waals surface area contributed by atoms with Gasteiger partial charge in [-0.1, -0.05) is 48.5 Å². The highest BCUT2D eigenvalue weighted by atomic mass is 16.5. The molecule has 31 heavy (non-hydrogen) atoms. The van der Waals surface area contributed by atoms with Gasteiger partial charge in [0, 0.05) is 24.4 Å². The van der Waals surface area contributed by atoms with Crippen LogP contribution in [0, 0.1) is 18.8 Å². The molecule has 0 bridgehead atoms. The van der Waals surface area contributed by atoms with Crippen LogP contribution in [-0.2, 0) is 31.1 Å². The van der Waals surface area contributed by atoms with Crippen molar-refractivity contribution in [3.8, 4) is 0 Å². The molecule has 3 aliphatic rings. The molecule has 2 aromatic carbocycles. The Balaban J connectivity index is 1.62. The molecular weight excluding hydrogens is 394 g/mol. The van der Waals surface area contributed by atoms with Crippen molar-refractivity contribution in [2.24, 2.45) is 11.8 Å². The Kier molecular flexibility index (Phi) is 4.68. The number of carbonyl (C=O) groups is 3. The minimum absolute atomic E-state index is 0.192. The molecule has 2 saturated heterocycles. The van der Waals surface area contributed by atoms with Crippen molar-refractivity contribution in [3.05, 3.63) is 65.2 Å². The number of imide groups is 1. The van der Waals surface area contributed by atoms with Crippen molar-refractivity contribution in [1.82, 2.24) is 10.2 Å². The van der Waals surface area contributed by atoms with E-state index in [9.17, 15) is 14.4 Å². The summed E-state index contributed by atoms with van der Waals surface area (Å²) in [5, 5.41) is 6.46. The lowest BCUT2D eigenvalue weighted by atomic mass is 9.76. The number of benzene rings is 2. The third kappa shape index (κ3) is 2.77. The Bertz CT molecular complexity index is 1070. The lowest BCUT2D eigenvalue weighted by Crippen LogP contribution is -2.53. The van der Waals surface area contributed by atoms with Gasteiger partial charge < -0.3 is 10.1 Å².